The van der Waals surface area contributed by atoms with Gasteiger partial charge in [-0.2, -0.15) is 0 Å². The van der Waals surface area contributed by atoms with Crippen LogP contribution in [0.3, 0.4) is 0 Å². The van der Waals surface area contributed by atoms with Gasteiger partial charge in [-0.1, -0.05) is 24.6 Å². The minimum absolute atomic E-state index is 0.141. The number of rotatable bonds is 3. The molecule has 2 unspecified atom stereocenters. The zero-order valence-corrected chi connectivity index (χ0v) is 11.3. The molecule has 1 aliphatic rings. The van der Waals surface area contributed by atoms with Crippen LogP contribution in [0.1, 0.15) is 29.8 Å². The van der Waals surface area contributed by atoms with E-state index in [0.29, 0.717) is 17.6 Å². The van der Waals surface area contributed by atoms with Crippen LogP contribution in [0.5, 0.6) is 0 Å². The van der Waals surface area contributed by atoms with Crippen molar-refractivity contribution >= 4 is 28.5 Å². The molecule has 1 amide bonds. The molecule has 0 aliphatic heterocycles. The van der Waals surface area contributed by atoms with Gasteiger partial charge in [0.15, 0.2) is 5.76 Å². The lowest BCUT2D eigenvalue weighted by molar-refractivity contribution is 0.0904. The molecule has 19 heavy (non-hydrogen) atoms. The van der Waals surface area contributed by atoms with Crippen LogP contribution in [0.25, 0.3) is 11.0 Å². The predicted octanol–water partition coefficient (Wildman–Crippen LogP) is 3.57. The number of amides is 1. The van der Waals surface area contributed by atoms with Crippen LogP contribution in [0, 0.1) is 5.92 Å². The summed E-state index contributed by atoms with van der Waals surface area (Å²) in [6.07, 6.45) is 3.22. The van der Waals surface area contributed by atoms with Gasteiger partial charge in [-0.05, 0) is 30.9 Å². The number of carbonyl (C=O) groups is 1. The monoisotopic (exact) mass is 277 g/mol. The minimum Gasteiger partial charge on any atom is -0.451 e. The van der Waals surface area contributed by atoms with E-state index in [-0.39, 0.29) is 11.9 Å². The number of hydrogen-bond donors (Lipinski definition) is 1. The zero-order valence-electron chi connectivity index (χ0n) is 10.6. The number of carbonyl (C=O) groups excluding carboxylic acids is 1. The summed E-state index contributed by atoms with van der Waals surface area (Å²) in [4.78, 5) is 12.2. The molecule has 100 valence electrons. The number of alkyl halides is 1. The van der Waals surface area contributed by atoms with Crippen LogP contribution in [0.2, 0.25) is 0 Å². The van der Waals surface area contributed by atoms with Crippen molar-refractivity contribution in [1.82, 2.24) is 5.32 Å². The molecule has 1 N–H and O–H groups in total. The first kappa shape index (κ1) is 12.5. The highest BCUT2D eigenvalue weighted by molar-refractivity contribution is 6.18. The van der Waals surface area contributed by atoms with Gasteiger partial charge in [-0.3, -0.25) is 4.79 Å². The quantitative estimate of drug-likeness (QED) is 0.872. The summed E-state index contributed by atoms with van der Waals surface area (Å²) in [6.45, 7) is 0. The van der Waals surface area contributed by atoms with Crippen LogP contribution in [0.4, 0.5) is 0 Å². The lowest BCUT2D eigenvalue weighted by Gasteiger charge is -2.17. The van der Waals surface area contributed by atoms with E-state index in [4.69, 9.17) is 16.0 Å². The molecular formula is C15H16ClNO2. The van der Waals surface area contributed by atoms with Gasteiger partial charge in [0.1, 0.15) is 5.58 Å². The zero-order chi connectivity index (χ0) is 13.2. The number of fused-ring (bicyclic) bond motifs is 1. The number of benzene rings is 1. The second kappa shape index (κ2) is 5.25. The first-order valence-electron chi connectivity index (χ1n) is 6.63. The molecule has 1 aliphatic carbocycles. The lowest BCUT2D eigenvalue weighted by atomic mass is 10.1. The summed E-state index contributed by atoms with van der Waals surface area (Å²) in [7, 11) is 0. The lowest BCUT2D eigenvalue weighted by Crippen LogP contribution is -2.37. The molecule has 0 radical (unpaired) electrons. The summed E-state index contributed by atoms with van der Waals surface area (Å²) in [5.41, 5.74) is 0.743. The highest BCUT2D eigenvalue weighted by Gasteiger charge is 2.28. The first-order chi connectivity index (χ1) is 9.28. The Morgan fingerprint density at radius 2 is 2.21 bits per heavy atom. The number of para-hydroxylation sites is 1. The van der Waals surface area contributed by atoms with Crippen LogP contribution < -0.4 is 5.32 Å². The molecule has 2 aromatic rings. The van der Waals surface area contributed by atoms with Gasteiger partial charge in [0.05, 0.1) is 0 Å². The summed E-state index contributed by atoms with van der Waals surface area (Å²) in [5.74, 6) is 1.22. The molecule has 0 saturated heterocycles. The van der Waals surface area contributed by atoms with Gasteiger partial charge in [-0.15, -0.1) is 11.6 Å². The van der Waals surface area contributed by atoms with E-state index < -0.39 is 0 Å². The Morgan fingerprint density at radius 1 is 1.37 bits per heavy atom. The third-order valence-corrected chi connectivity index (χ3v) is 4.22. The molecule has 4 heteroatoms. The van der Waals surface area contributed by atoms with Crippen molar-refractivity contribution in [2.45, 2.75) is 25.3 Å². The van der Waals surface area contributed by atoms with Gasteiger partial charge >= 0.3 is 0 Å². The summed E-state index contributed by atoms with van der Waals surface area (Å²) in [5, 5.41) is 3.99. The molecule has 0 spiro atoms. The minimum atomic E-state index is -0.141. The second-order valence-electron chi connectivity index (χ2n) is 5.07. The van der Waals surface area contributed by atoms with Crippen molar-refractivity contribution in [2.24, 2.45) is 5.92 Å². The van der Waals surface area contributed by atoms with Crippen molar-refractivity contribution < 1.29 is 9.21 Å². The van der Waals surface area contributed by atoms with E-state index in [1.54, 1.807) is 6.07 Å². The SMILES string of the molecule is O=C(NC1CCCC1CCl)c1cc2ccccc2o1. The number of furan rings is 1. The molecule has 1 saturated carbocycles. The van der Waals surface area contributed by atoms with Crippen molar-refractivity contribution in [1.29, 1.82) is 0 Å². The Labute approximate surface area is 116 Å². The fourth-order valence-corrected chi connectivity index (χ4v) is 3.11. The standard InChI is InChI=1S/C15H16ClNO2/c16-9-11-5-3-6-12(11)17-15(18)14-8-10-4-1-2-7-13(10)19-14/h1-2,4,7-8,11-12H,3,5-6,9H2,(H,17,18). The Morgan fingerprint density at radius 3 is 3.00 bits per heavy atom. The van der Waals surface area contributed by atoms with Gasteiger partial charge in [0.2, 0.25) is 0 Å². The molecule has 1 fully saturated rings. The van der Waals surface area contributed by atoms with Crippen molar-refractivity contribution in [3.05, 3.63) is 36.1 Å². The highest BCUT2D eigenvalue weighted by Crippen LogP contribution is 2.27. The molecule has 1 aromatic carbocycles. The van der Waals surface area contributed by atoms with E-state index in [9.17, 15) is 4.79 Å². The predicted molar refractivity (Wildman–Crippen MR) is 75.5 cm³/mol. The summed E-state index contributed by atoms with van der Waals surface area (Å²) >= 11 is 5.92. The fourth-order valence-electron chi connectivity index (χ4n) is 2.74. The average molecular weight is 278 g/mol. The summed E-state index contributed by atoms with van der Waals surface area (Å²) in [6, 6.07) is 9.59. The van der Waals surface area contributed by atoms with Crippen molar-refractivity contribution in [2.75, 3.05) is 5.88 Å². The normalized spacial score (nSPS) is 22.8. The van der Waals surface area contributed by atoms with E-state index in [1.165, 1.54) is 0 Å². The Bertz CT molecular complexity index is 560. The number of nitrogens with one attached hydrogen (secondary N) is 1. The third kappa shape index (κ3) is 2.47. The van der Waals surface area contributed by atoms with E-state index in [1.807, 2.05) is 24.3 Å². The highest BCUT2D eigenvalue weighted by atomic mass is 35.5. The van der Waals surface area contributed by atoms with Crippen molar-refractivity contribution in [3.63, 3.8) is 0 Å². The van der Waals surface area contributed by atoms with Gasteiger partial charge < -0.3 is 9.73 Å². The largest absolute Gasteiger partial charge is 0.451 e. The second-order valence-corrected chi connectivity index (χ2v) is 5.38. The van der Waals surface area contributed by atoms with Crippen LogP contribution in [-0.2, 0) is 0 Å². The van der Waals surface area contributed by atoms with E-state index in [0.717, 1.165) is 30.2 Å². The molecule has 0 bridgehead atoms. The Kier molecular flexibility index (Phi) is 3.47. The summed E-state index contributed by atoms with van der Waals surface area (Å²) < 4.78 is 5.56. The van der Waals surface area contributed by atoms with Crippen LogP contribution in [0.15, 0.2) is 34.7 Å². The maximum absolute atomic E-state index is 12.2. The maximum Gasteiger partial charge on any atom is 0.287 e. The number of halogens is 1. The van der Waals surface area contributed by atoms with Gasteiger partial charge in [0.25, 0.3) is 5.91 Å². The molecular weight excluding hydrogens is 262 g/mol. The molecule has 3 rings (SSSR count). The average Bonchev–Trinajstić information content (AvgIpc) is 3.03. The van der Waals surface area contributed by atoms with E-state index >= 15 is 0 Å². The molecule has 3 nitrogen and oxygen atoms in total. The number of hydrogen-bond acceptors (Lipinski definition) is 2. The van der Waals surface area contributed by atoms with Gasteiger partial charge in [-0.25, -0.2) is 0 Å². The smallest absolute Gasteiger partial charge is 0.287 e. The maximum atomic E-state index is 12.2. The Hall–Kier alpha value is -1.48. The van der Waals surface area contributed by atoms with Crippen LogP contribution >= 0.6 is 11.6 Å². The van der Waals surface area contributed by atoms with Crippen LogP contribution in [-0.4, -0.2) is 17.8 Å². The molecule has 1 aromatic heterocycles. The van der Waals surface area contributed by atoms with Crippen molar-refractivity contribution in [3.8, 4) is 0 Å². The topological polar surface area (TPSA) is 42.2 Å². The Balaban J connectivity index is 1.76. The molecule has 2 atom stereocenters. The third-order valence-electron chi connectivity index (χ3n) is 3.82. The molecule has 1 heterocycles. The fraction of sp³-hybridized carbons (Fsp3) is 0.400. The van der Waals surface area contributed by atoms with Gasteiger partial charge in [0, 0.05) is 17.3 Å². The first-order valence-corrected chi connectivity index (χ1v) is 7.17. The van der Waals surface area contributed by atoms with E-state index in [2.05, 4.69) is 5.32 Å².